The number of hydrogen-bond acceptors (Lipinski definition) is 6. The van der Waals surface area contributed by atoms with Gasteiger partial charge in [0.25, 0.3) is 0 Å². The van der Waals surface area contributed by atoms with Crippen molar-refractivity contribution in [1.29, 1.82) is 0 Å². The van der Waals surface area contributed by atoms with E-state index in [-0.39, 0.29) is 0 Å². The lowest BCUT2D eigenvalue weighted by molar-refractivity contribution is 0.172. The van der Waals surface area contributed by atoms with Gasteiger partial charge in [-0.2, -0.15) is 0 Å². The zero-order chi connectivity index (χ0) is 18.6. The molecule has 0 aliphatic carbocycles. The Morgan fingerprint density at radius 2 is 1.93 bits per heavy atom. The third-order valence-corrected chi connectivity index (χ3v) is 5.15. The average Bonchev–Trinajstić information content (AvgIpc) is 3.21. The van der Waals surface area contributed by atoms with Crippen LogP contribution in [0, 0.1) is 0 Å². The Kier molecular flexibility index (Phi) is 5.02. The summed E-state index contributed by atoms with van der Waals surface area (Å²) in [6.07, 6.45) is 5.87. The van der Waals surface area contributed by atoms with Crippen molar-refractivity contribution in [2.75, 3.05) is 25.9 Å². The summed E-state index contributed by atoms with van der Waals surface area (Å²) in [6.45, 7) is 2.87. The number of aromatic nitrogens is 4. The molecule has 1 aliphatic heterocycles. The van der Waals surface area contributed by atoms with Crippen LogP contribution in [-0.2, 0) is 6.54 Å². The number of benzene rings is 1. The zero-order valence-electron chi connectivity index (χ0n) is 15.5. The maximum Gasteiger partial charge on any atom is 0.127 e. The van der Waals surface area contributed by atoms with Gasteiger partial charge in [0, 0.05) is 37.0 Å². The maximum atomic E-state index is 5.96. The molecule has 0 spiro atoms. The number of nitrogens with two attached hydrogens (primary N) is 1. The first kappa shape index (κ1) is 17.5. The Balaban J connectivity index is 1.37. The molecule has 1 aliphatic rings. The van der Waals surface area contributed by atoms with E-state index in [4.69, 9.17) is 10.5 Å². The van der Waals surface area contributed by atoms with E-state index in [0.717, 1.165) is 55.0 Å². The first-order chi connectivity index (χ1) is 13.2. The van der Waals surface area contributed by atoms with Crippen molar-refractivity contribution < 1.29 is 4.74 Å². The number of anilines is 1. The Morgan fingerprint density at radius 3 is 2.63 bits per heavy atom. The van der Waals surface area contributed by atoms with Crippen LogP contribution in [0.3, 0.4) is 0 Å². The molecule has 4 rings (SSSR count). The van der Waals surface area contributed by atoms with E-state index in [2.05, 4.69) is 20.2 Å². The van der Waals surface area contributed by atoms with Gasteiger partial charge in [-0.25, -0.2) is 9.67 Å². The Morgan fingerprint density at radius 1 is 1.15 bits per heavy atom. The molecule has 27 heavy (non-hydrogen) atoms. The molecule has 0 saturated carbocycles. The van der Waals surface area contributed by atoms with Gasteiger partial charge in [0.05, 0.1) is 19.3 Å². The number of methoxy groups -OCH3 is 1. The number of piperidine rings is 1. The summed E-state index contributed by atoms with van der Waals surface area (Å²) in [5, 5.41) is 8.72. The van der Waals surface area contributed by atoms with Gasteiger partial charge in [0.1, 0.15) is 17.3 Å². The molecular weight excluding hydrogens is 340 g/mol. The van der Waals surface area contributed by atoms with Crippen molar-refractivity contribution >= 4 is 5.82 Å². The van der Waals surface area contributed by atoms with Crippen molar-refractivity contribution in [3.05, 3.63) is 54.4 Å². The molecule has 1 fully saturated rings. The normalized spacial score (nSPS) is 15.7. The molecule has 0 unspecified atom stereocenters. The molecule has 1 aromatic carbocycles. The monoisotopic (exact) mass is 364 g/mol. The van der Waals surface area contributed by atoms with E-state index >= 15 is 0 Å². The van der Waals surface area contributed by atoms with Gasteiger partial charge < -0.3 is 10.5 Å². The van der Waals surface area contributed by atoms with Crippen LogP contribution in [0.15, 0.2) is 48.8 Å². The summed E-state index contributed by atoms with van der Waals surface area (Å²) in [5.74, 6) is 1.47. The predicted octanol–water partition coefficient (Wildman–Crippen LogP) is 2.77. The summed E-state index contributed by atoms with van der Waals surface area (Å²) in [4.78, 5) is 6.59. The van der Waals surface area contributed by atoms with Crippen LogP contribution in [0.4, 0.5) is 5.82 Å². The second-order valence-corrected chi connectivity index (χ2v) is 6.87. The van der Waals surface area contributed by atoms with E-state index < -0.39 is 0 Å². The molecule has 1 saturated heterocycles. The summed E-state index contributed by atoms with van der Waals surface area (Å²) >= 11 is 0. The van der Waals surface area contributed by atoms with E-state index in [1.54, 1.807) is 13.3 Å². The van der Waals surface area contributed by atoms with E-state index in [1.165, 1.54) is 0 Å². The van der Waals surface area contributed by atoms with Crippen molar-refractivity contribution in [1.82, 2.24) is 24.9 Å². The lowest BCUT2D eigenvalue weighted by Gasteiger charge is -2.31. The maximum absolute atomic E-state index is 5.96. The summed E-state index contributed by atoms with van der Waals surface area (Å²) in [5.41, 5.74) is 9.00. The van der Waals surface area contributed by atoms with Gasteiger partial charge in [0.2, 0.25) is 0 Å². The van der Waals surface area contributed by atoms with Crippen LogP contribution in [0.2, 0.25) is 0 Å². The van der Waals surface area contributed by atoms with Crippen molar-refractivity contribution in [3.63, 3.8) is 0 Å². The molecule has 7 nitrogen and oxygen atoms in total. The van der Waals surface area contributed by atoms with Crippen LogP contribution < -0.4 is 10.5 Å². The fraction of sp³-hybridized carbons (Fsp3) is 0.350. The van der Waals surface area contributed by atoms with Gasteiger partial charge >= 0.3 is 0 Å². The fourth-order valence-corrected chi connectivity index (χ4v) is 3.52. The number of ether oxygens (including phenoxy) is 1. The van der Waals surface area contributed by atoms with Crippen molar-refractivity contribution in [2.45, 2.75) is 25.4 Å². The van der Waals surface area contributed by atoms with E-state index in [1.807, 2.05) is 47.3 Å². The highest BCUT2D eigenvalue weighted by Crippen LogP contribution is 2.26. The third kappa shape index (κ3) is 3.93. The molecular formula is C20H24N6O. The molecule has 140 valence electrons. The van der Waals surface area contributed by atoms with Gasteiger partial charge in [-0.3, -0.25) is 4.90 Å². The minimum absolute atomic E-state index is 0.381. The lowest BCUT2D eigenvalue weighted by atomic mass is 10.0. The number of nitrogens with zero attached hydrogens (tertiary/aromatic N) is 5. The molecule has 3 heterocycles. The Hall–Kier alpha value is -2.93. The molecule has 0 bridgehead atoms. The average molecular weight is 364 g/mol. The second kappa shape index (κ2) is 7.75. The van der Waals surface area contributed by atoms with Gasteiger partial charge in [-0.1, -0.05) is 11.3 Å². The topological polar surface area (TPSA) is 82.1 Å². The van der Waals surface area contributed by atoms with Crippen LogP contribution >= 0.6 is 0 Å². The zero-order valence-corrected chi connectivity index (χ0v) is 15.5. The summed E-state index contributed by atoms with van der Waals surface area (Å²) in [7, 11) is 1.67. The van der Waals surface area contributed by atoms with E-state index in [9.17, 15) is 0 Å². The molecule has 0 atom stereocenters. The van der Waals surface area contributed by atoms with Gasteiger partial charge in [0.15, 0.2) is 0 Å². The van der Waals surface area contributed by atoms with E-state index in [0.29, 0.717) is 11.9 Å². The van der Waals surface area contributed by atoms with Crippen LogP contribution in [0.5, 0.6) is 5.75 Å². The standard InChI is InChI=1S/C20H24N6O/c1-27-18-6-4-15(5-7-18)19-14-26(24-23-19)17-8-11-25(12-9-17)13-16-3-2-10-22-20(16)21/h2-7,10,14,17H,8-9,11-13H2,1H3,(H2,21,22). The number of nitrogen functional groups attached to an aromatic ring is 1. The molecule has 0 radical (unpaired) electrons. The highest BCUT2D eigenvalue weighted by Gasteiger charge is 2.22. The largest absolute Gasteiger partial charge is 0.497 e. The highest BCUT2D eigenvalue weighted by atomic mass is 16.5. The minimum atomic E-state index is 0.381. The first-order valence-corrected chi connectivity index (χ1v) is 9.21. The lowest BCUT2D eigenvalue weighted by Crippen LogP contribution is -2.34. The quantitative estimate of drug-likeness (QED) is 0.750. The third-order valence-electron chi connectivity index (χ3n) is 5.15. The van der Waals surface area contributed by atoms with Crippen molar-refractivity contribution in [2.24, 2.45) is 0 Å². The molecule has 0 amide bonds. The van der Waals surface area contributed by atoms with Crippen LogP contribution in [-0.4, -0.2) is 45.1 Å². The SMILES string of the molecule is COc1ccc(-c2cn(C3CCN(Cc4cccnc4N)CC3)nn2)cc1. The van der Waals surface area contributed by atoms with Crippen molar-refractivity contribution in [3.8, 4) is 17.0 Å². The molecule has 2 aromatic heterocycles. The highest BCUT2D eigenvalue weighted by molar-refractivity contribution is 5.58. The number of rotatable bonds is 5. The first-order valence-electron chi connectivity index (χ1n) is 9.21. The Bertz CT molecular complexity index is 883. The van der Waals surface area contributed by atoms with Crippen LogP contribution in [0.1, 0.15) is 24.4 Å². The second-order valence-electron chi connectivity index (χ2n) is 6.87. The minimum Gasteiger partial charge on any atom is -0.497 e. The van der Waals surface area contributed by atoms with Crippen LogP contribution in [0.25, 0.3) is 11.3 Å². The molecule has 7 heteroatoms. The van der Waals surface area contributed by atoms with Gasteiger partial charge in [-0.15, -0.1) is 5.10 Å². The number of pyridine rings is 1. The number of hydrogen-bond donors (Lipinski definition) is 1. The fourth-order valence-electron chi connectivity index (χ4n) is 3.52. The number of likely N-dealkylation sites (tertiary alicyclic amines) is 1. The Labute approximate surface area is 158 Å². The molecule has 2 N–H and O–H groups in total. The molecule has 3 aromatic rings. The summed E-state index contributed by atoms with van der Waals surface area (Å²) in [6, 6.07) is 12.3. The predicted molar refractivity (Wildman–Crippen MR) is 104 cm³/mol. The summed E-state index contributed by atoms with van der Waals surface area (Å²) < 4.78 is 7.22. The smallest absolute Gasteiger partial charge is 0.127 e. The van der Waals surface area contributed by atoms with Gasteiger partial charge in [-0.05, 0) is 43.2 Å².